The number of fused-ring (bicyclic) bond motifs is 1. The molecule has 0 saturated carbocycles. The van der Waals surface area contributed by atoms with E-state index in [4.69, 9.17) is 14.7 Å². The second-order valence-corrected chi connectivity index (χ2v) is 3.42. The molecule has 13 heavy (non-hydrogen) atoms. The van der Waals surface area contributed by atoms with Gasteiger partial charge in [0.15, 0.2) is 11.5 Å². The molecule has 0 saturated heterocycles. The molecule has 0 spiro atoms. The molecule has 0 amide bonds. The van der Waals surface area contributed by atoms with Crippen LogP contribution in [0.15, 0.2) is 16.6 Å². The van der Waals surface area contributed by atoms with E-state index < -0.39 is 0 Å². The van der Waals surface area contributed by atoms with Crippen molar-refractivity contribution in [1.29, 1.82) is 5.26 Å². The van der Waals surface area contributed by atoms with Crippen molar-refractivity contribution >= 4 is 15.9 Å². The van der Waals surface area contributed by atoms with E-state index in [2.05, 4.69) is 22.0 Å². The fourth-order valence-corrected chi connectivity index (χ4v) is 1.62. The van der Waals surface area contributed by atoms with Gasteiger partial charge in [-0.3, -0.25) is 0 Å². The Morgan fingerprint density at radius 2 is 1.92 bits per heavy atom. The summed E-state index contributed by atoms with van der Waals surface area (Å²) in [4.78, 5) is 0. The van der Waals surface area contributed by atoms with Crippen LogP contribution >= 0.6 is 15.9 Å². The maximum atomic E-state index is 8.78. The monoisotopic (exact) mass is 239 g/mol. The van der Waals surface area contributed by atoms with Crippen LogP contribution in [-0.4, -0.2) is 13.2 Å². The fourth-order valence-electron chi connectivity index (χ4n) is 1.19. The number of benzene rings is 1. The summed E-state index contributed by atoms with van der Waals surface area (Å²) in [6.45, 7) is 1.03. The van der Waals surface area contributed by atoms with Gasteiger partial charge < -0.3 is 9.47 Å². The van der Waals surface area contributed by atoms with E-state index in [1.165, 1.54) is 0 Å². The first kappa shape index (κ1) is 8.39. The number of ether oxygens (including phenoxy) is 2. The zero-order valence-electron chi connectivity index (χ0n) is 6.71. The molecule has 0 N–H and O–H groups in total. The summed E-state index contributed by atoms with van der Waals surface area (Å²) in [5, 5.41) is 8.78. The highest BCUT2D eigenvalue weighted by molar-refractivity contribution is 9.10. The topological polar surface area (TPSA) is 42.2 Å². The van der Waals surface area contributed by atoms with E-state index in [9.17, 15) is 0 Å². The highest BCUT2D eigenvalue weighted by atomic mass is 79.9. The third kappa shape index (κ3) is 1.36. The third-order valence-corrected chi connectivity index (χ3v) is 2.39. The Morgan fingerprint density at radius 1 is 1.23 bits per heavy atom. The van der Waals surface area contributed by atoms with Crippen molar-refractivity contribution in [3.63, 3.8) is 0 Å². The molecule has 2 rings (SSSR count). The van der Waals surface area contributed by atoms with E-state index in [-0.39, 0.29) is 0 Å². The Labute approximate surface area is 84.0 Å². The quantitative estimate of drug-likeness (QED) is 0.697. The molecule has 0 radical (unpaired) electrons. The molecular weight excluding hydrogens is 234 g/mol. The number of rotatable bonds is 0. The molecule has 4 heteroatoms. The average molecular weight is 240 g/mol. The zero-order chi connectivity index (χ0) is 9.26. The van der Waals surface area contributed by atoms with Crippen LogP contribution < -0.4 is 9.47 Å². The van der Waals surface area contributed by atoms with Gasteiger partial charge in [-0.05, 0) is 28.1 Å². The first-order valence-electron chi connectivity index (χ1n) is 3.81. The molecule has 0 bridgehead atoms. The minimum absolute atomic E-state index is 0.498. The first-order chi connectivity index (χ1) is 6.33. The molecule has 66 valence electrons. The van der Waals surface area contributed by atoms with Gasteiger partial charge in [-0.25, -0.2) is 0 Å². The molecule has 1 aromatic carbocycles. The van der Waals surface area contributed by atoms with Gasteiger partial charge in [0.05, 0.1) is 10.0 Å². The Kier molecular flexibility index (Phi) is 2.11. The summed E-state index contributed by atoms with van der Waals surface area (Å²) >= 11 is 3.33. The van der Waals surface area contributed by atoms with Crippen molar-refractivity contribution in [3.05, 3.63) is 22.2 Å². The molecule has 1 heterocycles. The van der Waals surface area contributed by atoms with E-state index in [0.717, 1.165) is 4.47 Å². The molecular formula is C9H6BrNO2. The van der Waals surface area contributed by atoms with Crippen molar-refractivity contribution in [3.8, 4) is 17.6 Å². The summed E-state index contributed by atoms with van der Waals surface area (Å²) in [5.74, 6) is 1.17. The molecule has 1 aromatic rings. The van der Waals surface area contributed by atoms with E-state index >= 15 is 0 Å². The second-order valence-electron chi connectivity index (χ2n) is 2.56. The number of hydrogen-bond donors (Lipinski definition) is 0. The van der Waals surface area contributed by atoms with Crippen LogP contribution in [0.25, 0.3) is 0 Å². The van der Waals surface area contributed by atoms with E-state index in [1.807, 2.05) is 0 Å². The van der Waals surface area contributed by atoms with Gasteiger partial charge in [0, 0.05) is 0 Å². The lowest BCUT2D eigenvalue weighted by molar-refractivity contribution is 0.170. The summed E-state index contributed by atoms with van der Waals surface area (Å²) in [6.07, 6.45) is 0. The van der Waals surface area contributed by atoms with Gasteiger partial charge in [-0.15, -0.1) is 0 Å². The van der Waals surface area contributed by atoms with E-state index in [0.29, 0.717) is 30.3 Å². The lowest BCUT2D eigenvalue weighted by atomic mass is 10.2. The van der Waals surface area contributed by atoms with Crippen molar-refractivity contribution in [2.24, 2.45) is 0 Å². The van der Waals surface area contributed by atoms with Gasteiger partial charge in [-0.1, -0.05) is 0 Å². The summed E-state index contributed by atoms with van der Waals surface area (Å²) < 4.78 is 11.5. The van der Waals surface area contributed by atoms with Crippen LogP contribution in [0.5, 0.6) is 11.5 Å². The third-order valence-electron chi connectivity index (χ3n) is 1.76. The highest BCUT2D eigenvalue weighted by Crippen LogP contribution is 2.39. The molecule has 0 fully saturated rings. The van der Waals surface area contributed by atoms with Crippen LogP contribution in [0.1, 0.15) is 5.56 Å². The minimum atomic E-state index is 0.498. The standard InChI is InChI=1S/C9H6BrNO2/c10-7-2-1-6(5-11)8-9(7)13-4-3-12-8/h1-2H,3-4H2. The predicted octanol–water partition coefficient (Wildman–Crippen LogP) is 2.09. The van der Waals surface area contributed by atoms with Crippen LogP contribution in [0.2, 0.25) is 0 Å². The molecule has 1 aliphatic rings. The molecule has 1 aliphatic heterocycles. The summed E-state index contributed by atoms with van der Waals surface area (Å²) in [7, 11) is 0. The largest absolute Gasteiger partial charge is 0.485 e. The number of nitriles is 1. The van der Waals surface area contributed by atoms with Crippen molar-refractivity contribution < 1.29 is 9.47 Å². The highest BCUT2D eigenvalue weighted by Gasteiger charge is 2.18. The second kappa shape index (κ2) is 3.27. The van der Waals surface area contributed by atoms with Gasteiger partial charge in [0.2, 0.25) is 0 Å². The van der Waals surface area contributed by atoms with Gasteiger partial charge in [-0.2, -0.15) is 5.26 Å². The van der Waals surface area contributed by atoms with Crippen LogP contribution in [-0.2, 0) is 0 Å². The fraction of sp³-hybridized carbons (Fsp3) is 0.222. The minimum Gasteiger partial charge on any atom is -0.485 e. The van der Waals surface area contributed by atoms with Crippen LogP contribution in [0, 0.1) is 11.3 Å². The lowest BCUT2D eigenvalue weighted by Crippen LogP contribution is -2.16. The Bertz CT molecular complexity index is 384. The first-order valence-corrected chi connectivity index (χ1v) is 4.60. The number of nitrogens with zero attached hydrogens (tertiary/aromatic N) is 1. The molecule has 0 unspecified atom stereocenters. The van der Waals surface area contributed by atoms with Gasteiger partial charge in [0.1, 0.15) is 19.3 Å². The number of hydrogen-bond acceptors (Lipinski definition) is 3. The molecule has 0 aliphatic carbocycles. The Balaban J connectivity index is 2.61. The van der Waals surface area contributed by atoms with Crippen LogP contribution in [0.3, 0.4) is 0 Å². The lowest BCUT2D eigenvalue weighted by Gasteiger charge is -2.19. The van der Waals surface area contributed by atoms with Crippen molar-refractivity contribution in [2.45, 2.75) is 0 Å². The van der Waals surface area contributed by atoms with Gasteiger partial charge >= 0.3 is 0 Å². The maximum absolute atomic E-state index is 8.78. The summed E-state index contributed by atoms with van der Waals surface area (Å²) in [6, 6.07) is 5.55. The Hall–Kier alpha value is -1.21. The molecule has 0 atom stereocenters. The van der Waals surface area contributed by atoms with Crippen molar-refractivity contribution in [2.75, 3.05) is 13.2 Å². The van der Waals surface area contributed by atoms with Crippen LogP contribution in [0.4, 0.5) is 0 Å². The summed E-state index contributed by atoms with van der Waals surface area (Å²) in [5.41, 5.74) is 0.512. The maximum Gasteiger partial charge on any atom is 0.180 e. The predicted molar refractivity (Wildman–Crippen MR) is 49.8 cm³/mol. The van der Waals surface area contributed by atoms with Crippen molar-refractivity contribution in [1.82, 2.24) is 0 Å². The molecule has 3 nitrogen and oxygen atoms in total. The number of halogens is 1. The van der Waals surface area contributed by atoms with E-state index in [1.54, 1.807) is 12.1 Å². The smallest absolute Gasteiger partial charge is 0.180 e. The SMILES string of the molecule is N#Cc1ccc(Br)c2c1OCCO2. The van der Waals surface area contributed by atoms with Gasteiger partial charge in [0.25, 0.3) is 0 Å². The average Bonchev–Trinajstić information content (AvgIpc) is 2.19. The zero-order valence-corrected chi connectivity index (χ0v) is 8.30. The normalized spacial score (nSPS) is 13.5. The Morgan fingerprint density at radius 3 is 2.62 bits per heavy atom. The molecule has 0 aromatic heterocycles.